The first-order valence-electron chi connectivity index (χ1n) is 7.77. The number of carbonyl (C=O) groups is 1. The van der Waals surface area contributed by atoms with Gasteiger partial charge in [0.05, 0.1) is 6.61 Å². The van der Waals surface area contributed by atoms with Gasteiger partial charge in [-0.05, 0) is 43.7 Å². The maximum atomic E-state index is 12.1. The first-order valence-corrected chi connectivity index (χ1v) is 7.77. The number of aliphatic hydroxyl groups excluding tert-OH is 1. The van der Waals surface area contributed by atoms with Crippen molar-refractivity contribution in [3.05, 3.63) is 29.8 Å². The summed E-state index contributed by atoms with van der Waals surface area (Å²) in [5, 5.41) is 9.10. The number of benzene rings is 1. The van der Waals surface area contributed by atoms with Crippen LogP contribution in [0.25, 0.3) is 0 Å². The van der Waals surface area contributed by atoms with Crippen molar-refractivity contribution < 1.29 is 14.6 Å². The van der Waals surface area contributed by atoms with Crippen molar-refractivity contribution in [3.8, 4) is 5.75 Å². The summed E-state index contributed by atoms with van der Waals surface area (Å²) in [5.74, 6) is 1.48. The van der Waals surface area contributed by atoms with Crippen LogP contribution in [0.4, 0.5) is 0 Å². The maximum absolute atomic E-state index is 12.1. The Morgan fingerprint density at radius 1 is 1.33 bits per heavy atom. The second-order valence-corrected chi connectivity index (χ2v) is 5.72. The molecule has 0 bridgehead atoms. The van der Waals surface area contributed by atoms with Gasteiger partial charge in [-0.15, -0.1) is 0 Å². The van der Waals surface area contributed by atoms with Gasteiger partial charge in [-0.3, -0.25) is 4.79 Å². The molecule has 21 heavy (non-hydrogen) atoms. The number of ether oxygens (including phenoxy) is 1. The molecule has 1 aliphatic heterocycles. The number of rotatable bonds is 6. The SMILES string of the molecule is Cc1ccccc1OCCCC(=O)N1CCC(CO)CC1. The number of hydrogen-bond acceptors (Lipinski definition) is 3. The van der Waals surface area contributed by atoms with Crippen molar-refractivity contribution >= 4 is 5.91 Å². The summed E-state index contributed by atoms with van der Waals surface area (Å²) in [7, 11) is 0. The lowest BCUT2D eigenvalue weighted by atomic mass is 9.97. The molecule has 0 saturated carbocycles. The minimum absolute atomic E-state index is 0.208. The van der Waals surface area contributed by atoms with Crippen LogP contribution in [-0.4, -0.2) is 42.2 Å². The highest BCUT2D eigenvalue weighted by atomic mass is 16.5. The van der Waals surface area contributed by atoms with Gasteiger partial charge in [-0.25, -0.2) is 0 Å². The van der Waals surface area contributed by atoms with Crippen LogP contribution in [0.15, 0.2) is 24.3 Å². The molecule has 2 rings (SSSR count). The van der Waals surface area contributed by atoms with Crippen LogP contribution in [0.1, 0.15) is 31.2 Å². The quantitative estimate of drug-likeness (QED) is 0.819. The number of carbonyl (C=O) groups excluding carboxylic acids is 1. The van der Waals surface area contributed by atoms with Gasteiger partial charge in [0, 0.05) is 26.1 Å². The molecule has 0 aliphatic carbocycles. The van der Waals surface area contributed by atoms with E-state index >= 15 is 0 Å². The lowest BCUT2D eigenvalue weighted by Crippen LogP contribution is -2.39. The van der Waals surface area contributed by atoms with E-state index in [0.717, 1.165) is 43.7 Å². The van der Waals surface area contributed by atoms with Crippen molar-refractivity contribution in [3.63, 3.8) is 0 Å². The van der Waals surface area contributed by atoms with Crippen molar-refractivity contribution in [1.29, 1.82) is 0 Å². The molecule has 116 valence electrons. The Labute approximate surface area is 126 Å². The Morgan fingerprint density at radius 2 is 2.05 bits per heavy atom. The summed E-state index contributed by atoms with van der Waals surface area (Å²) in [6.45, 7) is 4.40. The number of aliphatic hydroxyl groups is 1. The molecule has 0 aromatic heterocycles. The number of aryl methyl sites for hydroxylation is 1. The van der Waals surface area contributed by atoms with Gasteiger partial charge in [0.15, 0.2) is 0 Å². The number of nitrogens with zero attached hydrogens (tertiary/aromatic N) is 1. The van der Waals surface area contributed by atoms with Gasteiger partial charge in [0.25, 0.3) is 0 Å². The van der Waals surface area contributed by atoms with Crippen LogP contribution < -0.4 is 4.74 Å². The Hall–Kier alpha value is -1.55. The third-order valence-electron chi connectivity index (χ3n) is 4.11. The van der Waals surface area contributed by atoms with Gasteiger partial charge in [0.2, 0.25) is 5.91 Å². The lowest BCUT2D eigenvalue weighted by molar-refractivity contribution is -0.133. The van der Waals surface area contributed by atoms with E-state index in [1.807, 2.05) is 36.1 Å². The molecule has 4 heteroatoms. The third-order valence-corrected chi connectivity index (χ3v) is 4.11. The van der Waals surface area contributed by atoms with Crippen molar-refractivity contribution in [2.24, 2.45) is 5.92 Å². The normalized spacial score (nSPS) is 16.0. The summed E-state index contributed by atoms with van der Waals surface area (Å²) in [6.07, 6.45) is 3.12. The predicted molar refractivity (Wildman–Crippen MR) is 82.3 cm³/mol. The fourth-order valence-corrected chi connectivity index (χ4v) is 2.65. The van der Waals surface area contributed by atoms with Gasteiger partial charge in [-0.1, -0.05) is 18.2 Å². The van der Waals surface area contributed by atoms with E-state index in [-0.39, 0.29) is 12.5 Å². The van der Waals surface area contributed by atoms with E-state index in [4.69, 9.17) is 9.84 Å². The van der Waals surface area contributed by atoms with Gasteiger partial charge < -0.3 is 14.7 Å². The molecular formula is C17H25NO3. The Kier molecular flexibility index (Phi) is 6.05. The summed E-state index contributed by atoms with van der Waals surface area (Å²) < 4.78 is 5.71. The Morgan fingerprint density at radius 3 is 2.71 bits per heavy atom. The molecule has 1 N–H and O–H groups in total. The molecule has 1 amide bonds. The van der Waals surface area contributed by atoms with Crippen LogP contribution >= 0.6 is 0 Å². The monoisotopic (exact) mass is 291 g/mol. The van der Waals surface area contributed by atoms with E-state index in [1.165, 1.54) is 0 Å². The van der Waals surface area contributed by atoms with Gasteiger partial charge in [0.1, 0.15) is 5.75 Å². The molecule has 0 radical (unpaired) electrons. The summed E-state index contributed by atoms with van der Waals surface area (Å²) in [5.41, 5.74) is 1.12. The number of likely N-dealkylation sites (tertiary alicyclic amines) is 1. The Balaban J connectivity index is 1.65. The topological polar surface area (TPSA) is 49.8 Å². The first-order chi connectivity index (χ1) is 10.2. The lowest BCUT2D eigenvalue weighted by Gasteiger charge is -2.31. The van der Waals surface area contributed by atoms with E-state index < -0.39 is 0 Å². The van der Waals surface area contributed by atoms with E-state index in [2.05, 4.69) is 0 Å². The molecule has 1 heterocycles. The molecule has 1 aromatic rings. The summed E-state index contributed by atoms with van der Waals surface area (Å²) >= 11 is 0. The second-order valence-electron chi connectivity index (χ2n) is 5.72. The van der Waals surface area contributed by atoms with Crippen molar-refractivity contribution in [2.45, 2.75) is 32.6 Å². The molecule has 0 unspecified atom stereocenters. The van der Waals surface area contributed by atoms with E-state index in [1.54, 1.807) is 0 Å². The molecule has 1 aliphatic rings. The van der Waals surface area contributed by atoms with Crippen LogP contribution in [0.3, 0.4) is 0 Å². The highest BCUT2D eigenvalue weighted by molar-refractivity contribution is 5.76. The smallest absolute Gasteiger partial charge is 0.222 e. The number of hydrogen-bond donors (Lipinski definition) is 1. The van der Waals surface area contributed by atoms with Crippen molar-refractivity contribution in [1.82, 2.24) is 4.90 Å². The Bertz CT molecular complexity index is 453. The molecular weight excluding hydrogens is 266 g/mol. The van der Waals surface area contributed by atoms with Crippen LogP contribution in [0.5, 0.6) is 5.75 Å². The number of piperidine rings is 1. The van der Waals surface area contributed by atoms with Crippen LogP contribution in [0, 0.1) is 12.8 Å². The minimum atomic E-state index is 0.208. The average Bonchev–Trinajstić information content (AvgIpc) is 2.53. The van der Waals surface area contributed by atoms with E-state index in [9.17, 15) is 4.79 Å². The fraction of sp³-hybridized carbons (Fsp3) is 0.588. The number of amides is 1. The average molecular weight is 291 g/mol. The van der Waals surface area contributed by atoms with Crippen LogP contribution in [0.2, 0.25) is 0 Å². The zero-order valence-electron chi connectivity index (χ0n) is 12.8. The minimum Gasteiger partial charge on any atom is -0.493 e. The highest BCUT2D eigenvalue weighted by Gasteiger charge is 2.21. The first kappa shape index (κ1) is 15.8. The van der Waals surface area contributed by atoms with Crippen LogP contribution in [-0.2, 0) is 4.79 Å². The molecule has 1 aromatic carbocycles. The zero-order chi connectivity index (χ0) is 15.1. The molecule has 4 nitrogen and oxygen atoms in total. The van der Waals surface area contributed by atoms with E-state index in [0.29, 0.717) is 18.9 Å². The van der Waals surface area contributed by atoms with Gasteiger partial charge in [-0.2, -0.15) is 0 Å². The summed E-state index contributed by atoms with van der Waals surface area (Å²) in [6, 6.07) is 7.92. The molecule has 0 spiro atoms. The largest absolute Gasteiger partial charge is 0.493 e. The number of para-hydroxylation sites is 1. The zero-order valence-corrected chi connectivity index (χ0v) is 12.8. The molecule has 1 saturated heterocycles. The van der Waals surface area contributed by atoms with Crippen molar-refractivity contribution in [2.75, 3.05) is 26.3 Å². The predicted octanol–water partition coefficient (Wildman–Crippen LogP) is 2.38. The maximum Gasteiger partial charge on any atom is 0.222 e. The fourth-order valence-electron chi connectivity index (χ4n) is 2.65. The standard InChI is InChI=1S/C17H25NO3/c1-14-5-2-3-6-16(14)21-12-4-7-17(20)18-10-8-15(13-19)9-11-18/h2-3,5-6,15,19H,4,7-13H2,1H3. The molecule has 0 atom stereocenters. The van der Waals surface area contributed by atoms with Gasteiger partial charge >= 0.3 is 0 Å². The summed E-state index contributed by atoms with van der Waals surface area (Å²) in [4.78, 5) is 14.0. The second kappa shape index (κ2) is 8.03. The molecule has 1 fully saturated rings. The third kappa shape index (κ3) is 4.74. The highest BCUT2D eigenvalue weighted by Crippen LogP contribution is 2.18.